The topological polar surface area (TPSA) is 50.4 Å². The van der Waals surface area contributed by atoms with Crippen LogP contribution < -0.4 is 15.4 Å². The summed E-state index contributed by atoms with van der Waals surface area (Å²) < 4.78 is 56.6. The quantitative estimate of drug-likeness (QED) is 0.587. The second-order valence-corrected chi connectivity index (χ2v) is 5.25. The standard InChI is InChI=1S/C16H13ClF4N2O2/c17-12-9-10(18)5-6-14(12)25-8-7-22-15(24)23-13-4-2-1-3-11(13)16(19,20)21/h1-6,9H,7-8H2,(H2,22,23,24). The Hall–Kier alpha value is -2.48. The number of halogens is 5. The SMILES string of the molecule is O=C(NCCOc1ccc(F)cc1Cl)Nc1ccccc1C(F)(F)F. The number of para-hydroxylation sites is 1. The average Bonchev–Trinajstić information content (AvgIpc) is 2.52. The van der Waals surface area contributed by atoms with Crippen molar-refractivity contribution in [1.29, 1.82) is 0 Å². The van der Waals surface area contributed by atoms with Crippen molar-refractivity contribution in [1.82, 2.24) is 5.32 Å². The molecule has 0 fully saturated rings. The average molecular weight is 377 g/mol. The van der Waals surface area contributed by atoms with Crippen LogP contribution in [0, 0.1) is 5.82 Å². The zero-order valence-corrected chi connectivity index (χ0v) is 13.4. The van der Waals surface area contributed by atoms with Gasteiger partial charge in [-0.25, -0.2) is 9.18 Å². The monoisotopic (exact) mass is 376 g/mol. The summed E-state index contributed by atoms with van der Waals surface area (Å²) in [6, 6.07) is 7.38. The first-order chi connectivity index (χ1) is 11.8. The highest BCUT2D eigenvalue weighted by molar-refractivity contribution is 6.32. The molecule has 0 saturated carbocycles. The highest BCUT2D eigenvalue weighted by Crippen LogP contribution is 2.34. The predicted octanol–water partition coefficient (Wildman–Crippen LogP) is 4.70. The summed E-state index contributed by atoms with van der Waals surface area (Å²) >= 11 is 5.77. The number of ether oxygens (including phenoxy) is 1. The number of hydrogen-bond acceptors (Lipinski definition) is 2. The van der Waals surface area contributed by atoms with Crippen LogP contribution in [0.15, 0.2) is 42.5 Å². The van der Waals surface area contributed by atoms with E-state index in [1.807, 2.05) is 0 Å². The largest absolute Gasteiger partial charge is 0.490 e. The highest BCUT2D eigenvalue weighted by atomic mass is 35.5. The van der Waals surface area contributed by atoms with Gasteiger partial charge in [0.05, 0.1) is 22.8 Å². The number of anilines is 1. The van der Waals surface area contributed by atoms with Crippen molar-refractivity contribution in [2.45, 2.75) is 6.18 Å². The molecule has 0 aliphatic rings. The van der Waals surface area contributed by atoms with Crippen LogP contribution in [-0.2, 0) is 6.18 Å². The molecule has 0 aromatic heterocycles. The van der Waals surface area contributed by atoms with Crippen molar-refractivity contribution in [2.24, 2.45) is 0 Å². The van der Waals surface area contributed by atoms with Gasteiger partial charge in [-0.15, -0.1) is 0 Å². The smallest absolute Gasteiger partial charge is 0.418 e. The maximum Gasteiger partial charge on any atom is 0.418 e. The molecule has 2 N–H and O–H groups in total. The van der Waals surface area contributed by atoms with E-state index < -0.39 is 23.6 Å². The van der Waals surface area contributed by atoms with Crippen LogP contribution in [0.4, 0.5) is 28.0 Å². The summed E-state index contributed by atoms with van der Waals surface area (Å²) in [6.07, 6.45) is -4.58. The normalized spacial score (nSPS) is 11.1. The van der Waals surface area contributed by atoms with Crippen LogP contribution >= 0.6 is 11.6 Å². The van der Waals surface area contributed by atoms with E-state index >= 15 is 0 Å². The predicted molar refractivity (Wildman–Crippen MR) is 85.4 cm³/mol. The third-order valence-electron chi connectivity index (χ3n) is 3.02. The van der Waals surface area contributed by atoms with Gasteiger partial charge in [-0.2, -0.15) is 13.2 Å². The molecule has 0 aliphatic carbocycles. The number of nitrogens with one attached hydrogen (secondary N) is 2. The molecule has 9 heteroatoms. The van der Waals surface area contributed by atoms with E-state index in [0.29, 0.717) is 0 Å². The molecular formula is C16H13ClF4N2O2. The first-order valence-corrected chi connectivity index (χ1v) is 7.44. The van der Waals surface area contributed by atoms with Gasteiger partial charge in [0, 0.05) is 0 Å². The molecule has 0 atom stereocenters. The van der Waals surface area contributed by atoms with Gasteiger partial charge in [0.25, 0.3) is 0 Å². The van der Waals surface area contributed by atoms with E-state index in [0.717, 1.165) is 24.3 Å². The Kier molecular flexibility index (Phi) is 6.08. The van der Waals surface area contributed by atoms with E-state index in [1.165, 1.54) is 18.2 Å². The Bertz CT molecular complexity index is 753. The summed E-state index contributed by atoms with van der Waals surface area (Å²) in [5.74, 6) is -0.286. The van der Waals surface area contributed by atoms with Gasteiger partial charge in [0.15, 0.2) is 0 Å². The third kappa shape index (κ3) is 5.53. The fraction of sp³-hybridized carbons (Fsp3) is 0.188. The lowest BCUT2D eigenvalue weighted by Crippen LogP contribution is -2.32. The number of benzene rings is 2. The fourth-order valence-corrected chi connectivity index (χ4v) is 2.15. The zero-order valence-electron chi connectivity index (χ0n) is 12.7. The maximum absolute atomic E-state index is 12.9. The van der Waals surface area contributed by atoms with Crippen molar-refractivity contribution < 1.29 is 27.1 Å². The number of carbonyl (C=O) groups is 1. The fourth-order valence-electron chi connectivity index (χ4n) is 1.92. The van der Waals surface area contributed by atoms with Crippen molar-refractivity contribution in [2.75, 3.05) is 18.5 Å². The number of amides is 2. The molecule has 2 amide bonds. The minimum atomic E-state index is -4.58. The summed E-state index contributed by atoms with van der Waals surface area (Å²) in [7, 11) is 0. The van der Waals surface area contributed by atoms with E-state index in [4.69, 9.17) is 16.3 Å². The van der Waals surface area contributed by atoms with Gasteiger partial charge < -0.3 is 15.4 Å². The number of alkyl halides is 3. The molecule has 0 heterocycles. The van der Waals surface area contributed by atoms with Crippen LogP contribution in [0.25, 0.3) is 0 Å². The molecule has 0 aliphatic heterocycles. The van der Waals surface area contributed by atoms with E-state index in [2.05, 4.69) is 10.6 Å². The third-order valence-corrected chi connectivity index (χ3v) is 3.32. The Morgan fingerprint density at radius 1 is 1.16 bits per heavy atom. The molecular weight excluding hydrogens is 364 g/mol. The van der Waals surface area contributed by atoms with E-state index in [9.17, 15) is 22.4 Å². The number of hydrogen-bond donors (Lipinski definition) is 2. The first kappa shape index (κ1) is 18.9. The van der Waals surface area contributed by atoms with Crippen molar-refractivity contribution >= 4 is 23.3 Å². The molecule has 2 aromatic rings. The van der Waals surface area contributed by atoms with E-state index in [-0.39, 0.29) is 29.6 Å². The Morgan fingerprint density at radius 3 is 2.56 bits per heavy atom. The summed E-state index contributed by atoms with van der Waals surface area (Å²) in [6.45, 7) is 0.00735. The summed E-state index contributed by atoms with van der Waals surface area (Å²) in [4.78, 5) is 11.7. The van der Waals surface area contributed by atoms with Crippen LogP contribution in [0.5, 0.6) is 5.75 Å². The summed E-state index contributed by atoms with van der Waals surface area (Å²) in [5, 5.41) is 4.56. The molecule has 0 bridgehead atoms. The second-order valence-electron chi connectivity index (χ2n) is 4.85. The van der Waals surface area contributed by atoms with Gasteiger partial charge in [0.1, 0.15) is 18.2 Å². The summed E-state index contributed by atoms with van der Waals surface area (Å²) in [5.41, 5.74) is -1.30. The van der Waals surface area contributed by atoms with Crippen LogP contribution in [0.1, 0.15) is 5.56 Å². The van der Waals surface area contributed by atoms with Crippen LogP contribution in [-0.4, -0.2) is 19.2 Å². The van der Waals surface area contributed by atoms with Crippen LogP contribution in [0.2, 0.25) is 5.02 Å². The van der Waals surface area contributed by atoms with Gasteiger partial charge in [-0.05, 0) is 30.3 Å². The highest BCUT2D eigenvalue weighted by Gasteiger charge is 2.33. The molecule has 25 heavy (non-hydrogen) atoms. The molecule has 134 valence electrons. The molecule has 0 spiro atoms. The lowest BCUT2D eigenvalue weighted by atomic mass is 10.1. The van der Waals surface area contributed by atoms with Gasteiger partial charge in [-0.3, -0.25) is 0 Å². The minimum Gasteiger partial charge on any atom is -0.490 e. The molecule has 2 aromatic carbocycles. The van der Waals surface area contributed by atoms with Gasteiger partial charge in [-0.1, -0.05) is 23.7 Å². The number of rotatable bonds is 5. The lowest BCUT2D eigenvalue weighted by molar-refractivity contribution is -0.136. The Labute approximate surface area is 145 Å². The minimum absolute atomic E-state index is 0.000308. The van der Waals surface area contributed by atoms with Gasteiger partial charge in [0.2, 0.25) is 0 Å². The van der Waals surface area contributed by atoms with Crippen molar-refractivity contribution in [3.63, 3.8) is 0 Å². The molecule has 0 radical (unpaired) electrons. The Balaban J connectivity index is 1.84. The second kappa shape index (κ2) is 8.06. The Morgan fingerprint density at radius 2 is 1.88 bits per heavy atom. The molecule has 4 nitrogen and oxygen atoms in total. The first-order valence-electron chi connectivity index (χ1n) is 7.06. The van der Waals surface area contributed by atoms with Crippen molar-refractivity contribution in [3.05, 3.63) is 58.9 Å². The molecule has 2 rings (SSSR count). The molecule has 0 saturated heterocycles. The van der Waals surface area contributed by atoms with E-state index in [1.54, 1.807) is 0 Å². The maximum atomic E-state index is 12.9. The van der Waals surface area contributed by atoms with Crippen LogP contribution in [0.3, 0.4) is 0 Å². The lowest BCUT2D eigenvalue weighted by Gasteiger charge is -2.14. The van der Waals surface area contributed by atoms with Gasteiger partial charge >= 0.3 is 12.2 Å². The number of urea groups is 1. The molecule has 0 unspecified atom stereocenters. The zero-order chi connectivity index (χ0) is 18.4. The van der Waals surface area contributed by atoms with Crippen molar-refractivity contribution in [3.8, 4) is 5.75 Å². The number of carbonyl (C=O) groups excluding carboxylic acids is 1.